The molecule has 1 saturated heterocycles. The zero-order chi connectivity index (χ0) is 22.1. The summed E-state index contributed by atoms with van der Waals surface area (Å²) < 4.78 is 12.6. The van der Waals surface area contributed by atoms with Gasteiger partial charge in [0, 0.05) is 17.8 Å². The summed E-state index contributed by atoms with van der Waals surface area (Å²) in [5.41, 5.74) is 2.27. The Morgan fingerprint density at radius 3 is 2.34 bits per heavy atom. The largest absolute Gasteiger partial charge is 0.487 e. The molecule has 2 fully saturated rings. The number of fused-ring (bicyclic) bond motifs is 1. The first-order valence-corrected chi connectivity index (χ1v) is 11.4. The zero-order valence-electron chi connectivity index (χ0n) is 18.1. The standard InChI is InChI=1S/C26H28N2O4/c1-17-11-14-22(25(29)27-17)28-16-18-15-20(12-13-21(18)26(28)30)32-24-10-6-5-9-23(24)31-19-7-3-2-4-8-19/h2-4,7-8,12-13,15,22-24H,1,5-6,9-11,14,16H2,(H,27,29). The number of nitrogens with one attached hydrogen (secondary N) is 1. The fourth-order valence-corrected chi connectivity index (χ4v) is 4.89. The molecule has 2 aromatic carbocycles. The average molecular weight is 433 g/mol. The summed E-state index contributed by atoms with van der Waals surface area (Å²) in [5.74, 6) is 1.36. The maximum absolute atomic E-state index is 12.9. The molecule has 2 aromatic rings. The monoisotopic (exact) mass is 432 g/mol. The molecule has 32 heavy (non-hydrogen) atoms. The highest BCUT2D eigenvalue weighted by Crippen LogP contribution is 2.33. The molecule has 0 aromatic heterocycles. The lowest BCUT2D eigenvalue weighted by molar-refractivity contribution is -0.126. The highest BCUT2D eigenvalue weighted by atomic mass is 16.5. The van der Waals surface area contributed by atoms with E-state index in [-0.39, 0.29) is 24.0 Å². The van der Waals surface area contributed by atoms with Gasteiger partial charge in [-0.2, -0.15) is 0 Å². The summed E-state index contributed by atoms with van der Waals surface area (Å²) in [6, 6.07) is 15.0. The fourth-order valence-electron chi connectivity index (χ4n) is 4.89. The maximum Gasteiger partial charge on any atom is 0.255 e. The van der Waals surface area contributed by atoms with Crippen LogP contribution in [-0.4, -0.2) is 35.0 Å². The van der Waals surface area contributed by atoms with Gasteiger partial charge in [0.05, 0.1) is 0 Å². The number of benzene rings is 2. The Morgan fingerprint density at radius 1 is 0.906 bits per heavy atom. The van der Waals surface area contributed by atoms with E-state index in [1.54, 1.807) is 4.90 Å². The Kier molecular flexibility index (Phi) is 5.60. The molecule has 1 N–H and O–H groups in total. The Morgan fingerprint density at radius 2 is 1.62 bits per heavy atom. The maximum atomic E-state index is 12.9. The van der Waals surface area contributed by atoms with Gasteiger partial charge in [0.15, 0.2) is 0 Å². The van der Waals surface area contributed by atoms with Crippen molar-refractivity contribution < 1.29 is 19.1 Å². The first kappa shape index (κ1) is 20.6. The lowest BCUT2D eigenvalue weighted by Crippen LogP contribution is -2.49. The number of para-hydroxylation sites is 1. The minimum atomic E-state index is -0.452. The van der Waals surface area contributed by atoms with Crippen molar-refractivity contribution in [1.82, 2.24) is 10.2 Å². The molecule has 3 unspecified atom stereocenters. The fraction of sp³-hybridized carbons (Fsp3) is 0.385. The molecule has 0 bridgehead atoms. The van der Waals surface area contributed by atoms with Crippen molar-refractivity contribution in [1.29, 1.82) is 0 Å². The van der Waals surface area contributed by atoms with Crippen LogP contribution in [0.1, 0.15) is 54.4 Å². The molecule has 3 atom stereocenters. The van der Waals surface area contributed by atoms with Crippen LogP contribution in [0.2, 0.25) is 0 Å². The van der Waals surface area contributed by atoms with Gasteiger partial charge in [-0.15, -0.1) is 0 Å². The van der Waals surface area contributed by atoms with Crippen molar-refractivity contribution in [2.24, 2.45) is 0 Å². The molecular formula is C26H28N2O4. The second-order valence-electron chi connectivity index (χ2n) is 8.81. The topological polar surface area (TPSA) is 67.9 Å². The Hall–Kier alpha value is -3.28. The molecule has 1 aliphatic carbocycles. The van der Waals surface area contributed by atoms with Gasteiger partial charge in [0.1, 0.15) is 29.7 Å². The first-order valence-electron chi connectivity index (χ1n) is 11.4. The first-order chi connectivity index (χ1) is 15.6. The number of hydrogen-bond donors (Lipinski definition) is 1. The summed E-state index contributed by atoms with van der Waals surface area (Å²) in [6.07, 6.45) is 5.38. The lowest BCUT2D eigenvalue weighted by atomic mass is 9.94. The third-order valence-corrected chi connectivity index (χ3v) is 6.57. The van der Waals surface area contributed by atoms with Crippen LogP contribution in [0.15, 0.2) is 60.8 Å². The second kappa shape index (κ2) is 8.69. The van der Waals surface area contributed by atoms with Gasteiger partial charge in [-0.05, 0) is 74.4 Å². The van der Waals surface area contributed by atoms with Gasteiger partial charge < -0.3 is 19.7 Å². The highest BCUT2D eigenvalue weighted by Gasteiger charge is 2.38. The van der Waals surface area contributed by atoms with Crippen molar-refractivity contribution >= 4 is 11.8 Å². The normalized spacial score (nSPS) is 25.3. The van der Waals surface area contributed by atoms with E-state index in [4.69, 9.17) is 9.47 Å². The molecule has 6 heteroatoms. The third-order valence-electron chi connectivity index (χ3n) is 6.57. The third kappa shape index (κ3) is 4.09. The van der Waals surface area contributed by atoms with Crippen LogP contribution in [-0.2, 0) is 11.3 Å². The molecule has 3 aliphatic rings. The van der Waals surface area contributed by atoms with Crippen molar-refractivity contribution in [3.05, 3.63) is 71.9 Å². The summed E-state index contributed by atoms with van der Waals surface area (Å²) >= 11 is 0. The van der Waals surface area contributed by atoms with Crippen LogP contribution < -0.4 is 14.8 Å². The minimum Gasteiger partial charge on any atom is -0.487 e. The molecule has 2 aliphatic heterocycles. The SMILES string of the molecule is C=C1CCC(N2Cc3cc(OC4CCCCC4Oc4ccccc4)ccc3C2=O)C(=O)N1. The molecule has 2 amide bonds. The Labute approximate surface area is 188 Å². The molecule has 166 valence electrons. The predicted molar refractivity (Wildman–Crippen MR) is 120 cm³/mol. The highest BCUT2D eigenvalue weighted by molar-refractivity contribution is 6.01. The number of carbonyl (C=O) groups is 2. The molecule has 2 heterocycles. The number of carbonyl (C=O) groups excluding carboxylic acids is 2. The van der Waals surface area contributed by atoms with E-state index < -0.39 is 6.04 Å². The van der Waals surface area contributed by atoms with Crippen molar-refractivity contribution in [2.45, 2.75) is 63.3 Å². The molecule has 6 nitrogen and oxygen atoms in total. The number of ether oxygens (including phenoxy) is 2. The number of piperidine rings is 1. The van der Waals surface area contributed by atoms with Crippen LogP contribution in [0, 0.1) is 0 Å². The number of amides is 2. The lowest BCUT2D eigenvalue weighted by Gasteiger charge is -2.32. The molecule has 0 spiro atoms. The average Bonchev–Trinajstić information content (AvgIpc) is 3.11. The summed E-state index contributed by atoms with van der Waals surface area (Å²) in [5, 5.41) is 2.78. The van der Waals surface area contributed by atoms with E-state index in [1.807, 2.05) is 48.5 Å². The van der Waals surface area contributed by atoms with Crippen LogP contribution in [0.3, 0.4) is 0 Å². The molecule has 1 saturated carbocycles. The summed E-state index contributed by atoms with van der Waals surface area (Å²) in [7, 11) is 0. The summed E-state index contributed by atoms with van der Waals surface area (Å²) in [4.78, 5) is 27.0. The van der Waals surface area contributed by atoms with Crippen LogP contribution in [0.4, 0.5) is 0 Å². The minimum absolute atomic E-state index is 0.00318. The Bertz CT molecular complexity index is 1040. The van der Waals surface area contributed by atoms with Crippen LogP contribution in [0.5, 0.6) is 11.5 Å². The van der Waals surface area contributed by atoms with Gasteiger partial charge in [-0.1, -0.05) is 24.8 Å². The van der Waals surface area contributed by atoms with Crippen molar-refractivity contribution in [2.75, 3.05) is 0 Å². The van der Waals surface area contributed by atoms with Gasteiger partial charge in [0.25, 0.3) is 5.91 Å². The van der Waals surface area contributed by atoms with E-state index in [2.05, 4.69) is 11.9 Å². The number of hydrogen-bond acceptors (Lipinski definition) is 4. The molecule has 5 rings (SSSR count). The predicted octanol–water partition coefficient (Wildman–Crippen LogP) is 4.20. The number of rotatable bonds is 5. The van der Waals surface area contributed by atoms with E-state index in [0.717, 1.165) is 42.7 Å². The van der Waals surface area contributed by atoms with E-state index in [0.29, 0.717) is 30.6 Å². The van der Waals surface area contributed by atoms with E-state index in [1.165, 1.54) is 0 Å². The van der Waals surface area contributed by atoms with Crippen molar-refractivity contribution in [3.63, 3.8) is 0 Å². The second-order valence-corrected chi connectivity index (χ2v) is 8.81. The van der Waals surface area contributed by atoms with E-state index in [9.17, 15) is 9.59 Å². The summed E-state index contributed by atoms with van der Waals surface area (Å²) in [6.45, 7) is 4.24. The van der Waals surface area contributed by atoms with Crippen LogP contribution in [0.25, 0.3) is 0 Å². The molecular weight excluding hydrogens is 404 g/mol. The zero-order valence-corrected chi connectivity index (χ0v) is 18.1. The number of nitrogens with zero attached hydrogens (tertiary/aromatic N) is 1. The van der Waals surface area contributed by atoms with Crippen LogP contribution >= 0.6 is 0 Å². The quantitative estimate of drug-likeness (QED) is 0.769. The van der Waals surface area contributed by atoms with Gasteiger partial charge >= 0.3 is 0 Å². The Balaban J connectivity index is 1.29. The van der Waals surface area contributed by atoms with Gasteiger partial charge in [-0.3, -0.25) is 9.59 Å². The van der Waals surface area contributed by atoms with Gasteiger partial charge in [0.2, 0.25) is 5.91 Å². The van der Waals surface area contributed by atoms with E-state index >= 15 is 0 Å². The number of allylic oxidation sites excluding steroid dienone is 1. The smallest absolute Gasteiger partial charge is 0.255 e. The van der Waals surface area contributed by atoms with Crippen molar-refractivity contribution in [3.8, 4) is 11.5 Å². The van der Waals surface area contributed by atoms with Gasteiger partial charge in [-0.25, -0.2) is 0 Å². The molecule has 0 radical (unpaired) electrons.